The second-order valence-corrected chi connectivity index (χ2v) is 6.48. The van der Waals surface area contributed by atoms with Crippen LogP contribution in [0.2, 0.25) is 0 Å². The highest BCUT2D eigenvalue weighted by molar-refractivity contribution is 7.09. The number of thiazole rings is 1. The molecule has 0 aliphatic carbocycles. The molecule has 0 radical (unpaired) electrons. The van der Waals surface area contributed by atoms with Crippen molar-refractivity contribution in [2.45, 2.75) is 58.4 Å². The number of hydrogen-bond donors (Lipinski definition) is 1. The third-order valence-corrected chi connectivity index (χ3v) is 4.15. The van der Waals surface area contributed by atoms with Gasteiger partial charge in [0.2, 0.25) is 0 Å². The van der Waals surface area contributed by atoms with E-state index >= 15 is 0 Å². The maximum atomic E-state index is 4.80. The van der Waals surface area contributed by atoms with Crippen molar-refractivity contribution in [3.05, 3.63) is 16.1 Å². The molecule has 1 aromatic heterocycles. The highest BCUT2D eigenvalue weighted by Crippen LogP contribution is 2.32. The Kier molecular flexibility index (Phi) is 4.13. The minimum absolute atomic E-state index is 0.0307. The van der Waals surface area contributed by atoms with Crippen LogP contribution in [0.3, 0.4) is 0 Å². The molecule has 92 valence electrons. The van der Waals surface area contributed by atoms with Crippen molar-refractivity contribution in [3.8, 4) is 0 Å². The first-order valence-electron chi connectivity index (χ1n) is 5.99. The lowest BCUT2D eigenvalue weighted by Gasteiger charge is -2.26. The van der Waals surface area contributed by atoms with E-state index in [1.807, 2.05) is 7.05 Å². The van der Waals surface area contributed by atoms with Crippen molar-refractivity contribution in [1.29, 1.82) is 0 Å². The average Bonchev–Trinajstić information content (AvgIpc) is 2.66. The fraction of sp³-hybridized carbons (Fsp3) is 0.769. The van der Waals surface area contributed by atoms with Gasteiger partial charge in [-0.25, -0.2) is 4.98 Å². The predicted octanol–water partition coefficient (Wildman–Crippen LogP) is 3.68. The molecule has 1 aromatic rings. The van der Waals surface area contributed by atoms with E-state index in [9.17, 15) is 0 Å². The first kappa shape index (κ1) is 13.7. The van der Waals surface area contributed by atoms with Crippen LogP contribution in [0, 0.1) is 0 Å². The van der Waals surface area contributed by atoms with Crippen molar-refractivity contribution < 1.29 is 0 Å². The second-order valence-electron chi connectivity index (χ2n) is 5.62. The fourth-order valence-corrected chi connectivity index (χ4v) is 2.96. The van der Waals surface area contributed by atoms with E-state index in [0.717, 1.165) is 6.42 Å². The number of hydrogen-bond acceptors (Lipinski definition) is 3. The first-order chi connectivity index (χ1) is 7.33. The summed E-state index contributed by atoms with van der Waals surface area (Å²) in [5.74, 6) is 0. The van der Waals surface area contributed by atoms with Crippen molar-refractivity contribution in [3.63, 3.8) is 0 Å². The molecule has 0 saturated heterocycles. The van der Waals surface area contributed by atoms with Crippen LogP contribution < -0.4 is 5.32 Å². The van der Waals surface area contributed by atoms with Crippen molar-refractivity contribution >= 4 is 11.3 Å². The first-order valence-corrected chi connectivity index (χ1v) is 6.87. The summed E-state index contributed by atoms with van der Waals surface area (Å²) < 4.78 is 0. The molecule has 2 nitrogen and oxygen atoms in total. The summed E-state index contributed by atoms with van der Waals surface area (Å²) >= 11 is 1.77. The zero-order valence-corrected chi connectivity index (χ0v) is 12.2. The zero-order valence-electron chi connectivity index (χ0n) is 11.3. The highest BCUT2D eigenvalue weighted by atomic mass is 32.1. The monoisotopic (exact) mass is 240 g/mol. The molecule has 0 saturated carbocycles. The van der Waals surface area contributed by atoms with E-state index in [0.29, 0.717) is 0 Å². The van der Waals surface area contributed by atoms with Crippen molar-refractivity contribution in [1.82, 2.24) is 10.3 Å². The predicted molar refractivity (Wildman–Crippen MR) is 72.1 cm³/mol. The maximum Gasteiger partial charge on any atom is 0.113 e. The lowest BCUT2D eigenvalue weighted by molar-refractivity contribution is 0.362. The van der Waals surface area contributed by atoms with Crippen LogP contribution in [0.25, 0.3) is 0 Å². The van der Waals surface area contributed by atoms with Crippen molar-refractivity contribution in [2.24, 2.45) is 0 Å². The molecule has 3 heteroatoms. The van der Waals surface area contributed by atoms with Crippen LogP contribution in [0.5, 0.6) is 0 Å². The number of rotatable bonds is 4. The minimum atomic E-state index is 0.0307. The summed E-state index contributed by atoms with van der Waals surface area (Å²) in [5.41, 5.74) is 1.38. The SMILES string of the molecule is CCCC(C)(NC)c1nc(C(C)(C)C)cs1. The molecule has 0 aromatic carbocycles. The summed E-state index contributed by atoms with van der Waals surface area (Å²) in [5, 5.41) is 6.81. The molecular weight excluding hydrogens is 216 g/mol. The van der Waals surface area contributed by atoms with Crippen LogP contribution in [0.15, 0.2) is 5.38 Å². The smallest absolute Gasteiger partial charge is 0.113 e. The van der Waals surface area contributed by atoms with E-state index < -0.39 is 0 Å². The Morgan fingerprint density at radius 3 is 2.31 bits per heavy atom. The molecule has 1 heterocycles. The van der Waals surface area contributed by atoms with Gasteiger partial charge in [-0.05, 0) is 20.4 Å². The molecule has 0 aliphatic rings. The van der Waals surface area contributed by atoms with Gasteiger partial charge in [0.15, 0.2) is 0 Å². The molecule has 1 atom stereocenters. The van der Waals surface area contributed by atoms with Gasteiger partial charge in [-0.1, -0.05) is 34.1 Å². The molecule has 0 spiro atoms. The number of nitrogens with zero attached hydrogens (tertiary/aromatic N) is 1. The number of aromatic nitrogens is 1. The van der Waals surface area contributed by atoms with Gasteiger partial charge in [0.1, 0.15) is 5.01 Å². The molecule has 0 aliphatic heterocycles. The van der Waals surface area contributed by atoms with Gasteiger partial charge >= 0.3 is 0 Å². The van der Waals surface area contributed by atoms with Crippen LogP contribution >= 0.6 is 11.3 Å². The van der Waals surface area contributed by atoms with Crippen LogP contribution in [-0.2, 0) is 11.0 Å². The maximum absolute atomic E-state index is 4.80. The van der Waals surface area contributed by atoms with Gasteiger partial charge in [0.25, 0.3) is 0 Å². The Morgan fingerprint density at radius 2 is 1.94 bits per heavy atom. The largest absolute Gasteiger partial charge is 0.309 e. The van der Waals surface area contributed by atoms with Crippen molar-refractivity contribution in [2.75, 3.05) is 7.05 Å². The van der Waals surface area contributed by atoms with Crippen LogP contribution in [-0.4, -0.2) is 12.0 Å². The minimum Gasteiger partial charge on any atom is -0.309 e. The molecule has 0 bridgehead atoms. The van der Waals surface area contributed by atoms with E-state index in [1.54, 1.807) is 11.3 Å². The Bertz CT molecular complexity index is 338. The molecule has 1 rings (SSSR count). The standard InChI is InChI=1S/C13H24N2S/c1-7-8-13(5,14-6)11-15-10(9-16-11)12(2,3)4/h9,14H,7-8H2,1-6H3. The molecule has 16 heavy (non-hydrogen) atoms. The van der Waals surface area contributed by atoms with Gasteiger partial charge in [-0.3, -0.25) is 0 Å². The summed E-state index contributed by atoms with van der Waals surface area (Å²) in [6, 6.07) is 0. The third kappa shape index (κ3) is 2.83. The fourth-order valence-electron chi connectivity index (χ4n) is 1.71. The van der Waals surface area contributed by atoms with Gasteiger partial charge in [-0.15, -0.1) is 11.3 Å². The summed E-state index contributed by atoms with van der Waals surface area (Å²) in [6.45, 7) is 11.1. The van der Waals surface area contributed by atoms with Gasteiger partial charge in [0.05, 0.1) is 11.2 Å². The quantitative estimate of drug-likeness (QED) is 0.868. The molecule has 0 amide bonds. The highest BCUT2D eigenvalue weighted by Gasteiger charge is 2.28. The normalized spacial score (nSPS) is 16.1. The average molecular weight is 240 g/mol. The van der Waals surface area contributed by atoms with Crippen LogP contribution in [0.1, 0.15) is 58.2 Å². The summed E-state index contributed by atoms with van der Waals surface area (Å²) in [6.07, 6.45) is 2.29. The zero-order chi connectivity index (χ0) is 12.4. The summed E-state index contributed by atoms with van der Waals surface area (Å²) in [4.78, 5) is 4.80. The Morgan fingerprint density at radius 1 is 1.31 bits per heavy atom. The van der Waals surface area contributed by atoms with Gasteiger partial charge in [0, 0.05) is 10.8 Å². The topological polar surface area (TPSA) is 24.9 Å². The third-order valence-electron chi connectivity index (χ3n) is 3.05. The molecule has 1 N–H and O–H groups in total. The molecular formula is C13H24N2S. The Labute approximate surface area is 103 Å². The Hall–Kier alpha value is -0.410. The second kappa shape index (κ2) is 4.84. The van der Waals surface area contributed by atoms with E-state index in [-0.39, 0.29) is 11.0 Å². The molecule has 0 fully saturated rings. The van der Waals surface area contributed by atoms with E-state index in [1.165, 1.54) is 17.1 Å². The summed E-state index contributed by atoms with van der Waals surface area (Å²) in [7, 11) is 2.02. The lowest BCUT2D eigenvalue weighted by Crippen LogP contribution is -2.36. The van der Waals surface area contributed by atoms with E-state index in [4.69, 9.17) is 4.98 Å². The van der Waals surface area contributed by atoms with Gasteiger partial charge in [-0.2, -0.15) is 0 Å². The number of nitrogens with one attached hydrogen (secondary N) is 1. The van der Waals surface area contributed by atoms with Gasteiger partial charge < -0.3 is 5.32 Å². The van der Waals surface area contributed by atoms with Crippen LogP contribution in [0.4, 0.5) is 0 Å². The lowest BCUT2D eigenvalue weighted by atomic mass is 9.92. The Balaban J connectivity index is 3.00. The van der Waals surface area contributed by atoms with E-state index in [2.05, 4.69) is 45.3 Å². The molecule has 1 unspecified atom stereocenters.